The second-order valence-corrected chi connectivity index (χ2v) is 9.26. The molecule has 0 aliphatic carbocycles. The molecule has 8 heteroatoms. The molecule has 0 N–H and O–H groups in total. The predicted octanol–water partition coefficient (Wildman–Crippen LogP) is 4.77. The summed E-state index contributed by atoms with van der Waals surface area (Å²) in [4.78, 5) is 45.8. The number of benzene rings is 2. The van der Waals surface area contributed by atoms with Gasteiger partial charge in [-0.15, -0.1) is 11.3 Å². The number of aryl methyl sites for hydroxylation is 2. The van der Waals surface area contributed by atoms with Gasteiger partial charge in [0.1, 0.15) is 4.83 Å². The number of aromatic nitrogens is 2. The van der Waals surface area contributed by atoms with Gasteiger partial charge >= 0.3 is 0 Å². The monoisotopic (exact) mass is 463 g/mol. The van der Waals surface area contributed by atoms with E-state index in [9.17, 15) is 14.4 Å². The molecule has 2 aromatic heterocycles. The van der Waals surface area contributed by atoms with E-state index in [1.807, 2.05) is 19.1 Å². The zero-order valence-corrected chi connectivity index (χ0v) is 18.7. The van der Waals surface area contributed by atoms with Crippen LogP contribution in [0, 0.1) is 6.92 Å². The Kier molecular flexibility index (Phi) is 5.15. The van der Waals surface area contributed by atoms with E-state index in [2.05, 4.69) is 4.98 Å². The van der Waals surface area contributed by atoms with Crippen LogP contribution >= 0.6 is 22.9 Å². The van der Waals surface area contributed by atoms with Crippen LogP contribution in [-0.4, -0.2) is 32.8 Å². The van der Waals surface area contributed by atoms with E-state index in [1.165, 1.54) is 22.6 Å². The Hall–Kier alpha value is -3.29. The number of fused-ring (bicyclic) bond motifs is 2. The highest BCUT2D eigenvalue weighted by Crippen LogP contribution is 2.35. The molecule has 6 nitrogen and oxygen atoms in total. The molecule has 0 fully saturated rings. The molecule has 0 bridgehead atoms. The third-order valence-corrected chi connectivity index (χ3v) is 6.91. The van der Waals surface area contributed by atoms with Gasteiger partial charge in [-0.3, -0.25) is 23.9 Å². The molecule has 0 saturated carbocycles. The molecule has 1 aliphatic heterocycles. The van der Waals surface area contributed by atoms with Gasteiger partial charge in [0.25, 0.3) is 17.4 Å². The minimum Gasteiger partial charge on any atom is -0.299 e. The zero-order valence-electron chi connectivity index (χ0n) is 17.2. The van der Waals surface area contributed by atoms with Crippen molar-refractivity contribution < 1.29 is 9.59 Å². The molecule has 160 valence electrons. The van der Waals surface area contributed by atoms with Crippen molar-refractivity contribution in [1.82, 2.24) is 14.5 Å². The number of hydrogen-bond donors (Lipinski definition) is 0. The highest BCUT2D eigenvalue weighted by molar-refractivity contribution is 7.19. The zero-order chi connectivity index (χ0) is 22.4. The number of nitrogens with zero attached hydrogens (tertiary/aromatic N) is 3. The molecule has 2 aromatic carbocycles. The van der Waals surface area contributed by atoms with Gasteiger partial charge in [0, 0.05) is 28.6 Å². The maximum absolute atomic E-state index is 13.3. The van der Waals surface area contributed by atoms with Gasteiger partial charge in [-0.05, 0) is 43.2 Å². The van der Waals surface area contributed by atoms with Crippen molar-refractivity contribution in [3.63, 3.8) is 0 Å². The van der Waals surface area contributed by atoms with Gasteiger partial charge in [-0.25, -0.2) is 4.98 Å². The number of carbonyl (C=O) groups is 2. The number of hydrogen-bond acceptors (Lipinski definition) is 5. The SMILES string of the molecule is Cc1sc2ncn(CCCN3C(=O)c4ccccc4C3=O)c(=O)c2c1-c1ccc(Cl)cc1. The number of imide groups is 1. The first-order valence-electron chi connectivity index (χ1n) is 10.2. The van der Waals surface area contributed by atoms with Gasteiger partial charge < -0.3 is 0 Å². The van der Waals surface area contributed by atoms with E-state index in [0.717, 1.165) is 16.0 Å². The van der Waals surface area contributed by atoms with Crippen LogP contribution in [0.4, 0.5) is 0 Å². The quantitative estimate of drug-likeness (QED) is 0.399. The Morgan fingerprint density at radius 3 is 2.25 bits per heavy atom. The Labute approximate surface area is 192 Å². The number of carbonyl (C=O) groups excluding carboxylic acids is 2. The van der Waals surface area contributed by atoms with E-state index in [0.29, 0.717) is 39.3 Å². The summed E-state index contributed by atoms with van der Waals surface area (Å²) in [5.41, 5.74) is 2.51. The Morgan fingerprint density at radius 1 is 0.938 bits per heavy atom. The second-order valence-electron chi connectivity index (χ2n) is 7.62. The average molecular weight is 464 g/mol. The summed E-state index contributed by atoms with van der Waals surface area (Å²) in [5, 5.41) is 1.22. The number of thiophene rings is 1. The fraction of sp³-hybridized carbons (Fsp3) is 0.167. The third kappa shape index (κ3) is 3.34. The number of rotatable bonds is 5. The first kappa shape index (κ1) is 20.6. The van der Waals surface area contributed by atoms with E-state index in [-0.39, 0.29) is 23.9 Å². The van der Waals surface area contributed by atoms with Gasteiger partial charge in [0.2, 0.25) is 0 Å². The van der Waals surface area contributed by atoms with Crippen molar-refractivity contribution in [2.75, 3.05) is 6.54 Å². The molecular weight excluding hydrogens is 446 g/mol. The summed E-state index contributed by atoms with van der Waals surface area (Å²) < 4.78 is 1.55. The maximum Gasteiger partial charge on any atom is 0.262 e. The molecule has 3 heterocycles. The summed E-state index contributed by atoms with van der Waals surface area (Å²) in [7, 11) is 0. The first-order chi connectivity index (χ1) is 15.5. The standard InChI is InChI=1S/C24H18ClN3O3S/c1-14-19(15-7-9-16(25)10-8-15)20-21(32-14)26-13-27(24(20)31)11-4-12-28-22(29)17-5-2-3-6-18(17)23(28)30/h2-3,5-10,13H,4,11-12H2,1H3. The van der Waals surface area contributed by atoms with E-state index < -0.39 is 0 Å². The van der Waals surface area contributed by atoms with Gasteiger partial charge in [-0.1, -0.05) is 35.9 Å². The van der Waals surface area contributed by atoms with Gasteiger partial charge in [0.05, 0.1) is 22.8 Å². The molecule has 0 radical (unpaired) electrons. The Balaban J connectivity index is 1.40. The molecule has 4 aromatic rings. The van der Waals surface area contributed by atoms with Crippen LogP contribution in [0.5, 0.6) is 0 Å². The highest BCUT2D eigenvalue weighted by Gasteiger charge is 2.34. The van der Waals surface area contributed by atoms with Crippen LogP contribution in [0.25, 0.3) is 21.3 Å². The molecule has 0 unspecified atom stereocenters. The molecule has 32 heavy (non-hydrogen) atoms. The van der Waals surface area contributed by atoms with Gasteiger partial charge in [0.15, 0.2) is 0 Å². The Bertz CT molecular complexity index is 1400. The Morgan fingerprint density at radius 2 is 1.59 bits per heavy atom. The average Bonchev–Trinajstić information content (AvgIpc) is 3.25. The van der Waals surface area contributed by atoms with Crippen molar-refractivity contribution in [3.05, 3.63) is 86.2 Å². The van der Waals surface area contributed by atoms with E-state index in [1.54, 1.807) is 41.0 Å². The van der Waals surface area contributed by atoms with Crippen molar-refractivity contribution >= 4 is 45.0 Å². The molecular formula is C24H18ClN3O3S. The van der Waals surface area contributed by atoms with Gasteiger partial charge in [-0.2, -0.15) is 0 Å². The summed E-state index contributed by atoms with van der Waals surface area (Å²) in [5.74, 6) is -0.574. The normalized spacial score (nSPS) is 13.2. The number of halogens is 1. The first-order valence-corrected chi connectivity index (χ1v) is 11.3. The fourth-order valence-electron chi connectivity index (χ4n) is 4.10. The van der Waals surface area contributed by atoms with Crippen LogP contribution in [-0.2, 0) is 6.54 Å². The largest absolute Gasteiger partial charge is 0.299 e. The van der Waals surface area contributed by atoms with E-state index >= 15 is 0 Å². The summed E-state index contributed by atoms with van der Waals surface area (Å²) in [6, 6.07) is 14.2. The lowest BCUT2D eigenvalue weighted by atomic mass is 10.0. The maximum atomic E-state index is 13.3. The summed E-state index contributed by atoms with van der Waals surface area (Å²) in [6.07, 6.45) is 1.99. The lowest BCUT2D eigenvalue weighted by Crippen LogP contribution is -2.32. The minimum absolute atomic E-state index is 0.133. The molecule has 2 amide bonds. The second kappa shape index (κ2) is 8.00. The molecule has 5 rings (SSSR count). The van der Waals surface area contributed by atoms with Crippen LogP contribution in [0.1, 0.15) is 32.0 Å². The summed E-state index contributed by atoms with van der Waals surface area (Å²) in [6.45, 7) is 2.57. The van der Waals surface area contributed by atoms with Crippen LogP contribution in [0.15, 0.2) is 59.7 Å². The molecule has 0 spiro atoms. The summed E-state index contributed by atoms with van der Waals surface area (Å²) >= 11 is 7.50. The minimum atomic E-state index is -0.287. The molecule has 0 saturated heterocycles. The lowest BCUT2D eigenvalue weighted by Gasteiger charge is -2.14. The topological polar surface area (TPSA) is 72.3 Å². The number of amides is 2. The smallest absolute Gasteiger partial charge is 0.262 e. The van der Waals surface area contributed by atoms with Crippen molar-refractivity contribution in [2.24, 2.45) is 0 Å². The van der Waals surface area contributed by atoms with Crippen molar-refractivity contribution in [2.45, 2.75) is 19.9 Å². The van der Waals surface area contributed by atoms with Crippen molar-refractivity contribution in [3.8, 4) is 11.1 Å². The third-order valence-electron chi connectivity index (χ3n) is 5.65. The lowest BCUT2D eigenvalue weighted by molar-refractivity contribution is 0.0650. The fourth-order valence-corrected chi connectivity index (χ4v) is 5.23. The molecule has 1 aliphatic rings. The highest BCUT2D eigenvalue weighted by atomic mass is 35.5. The molecule has 0 atom stereocenters. The van der Waals surface area contributed by atoms with Crippen LogP contribution in [0.3, 0.4) is 0 Å². The van der Waals surface area contributed by atoms with Crippen LogP contribution in [0.2, 0.25) is 5.02 Å². The predicted molar refractivity (Wildman–Crippen MR) is 125 cm³/mol. The van der Waals surface area contributed by atoms with E-state index in [4.69, 9.17) is 11.6 Å². The van der Waals surface area contributed by atoms with Crippen molar-refractivity contribution in [1.29, 1.82) is 0 Å². The van der Waals surface area contributed by atoms with Crippen LogP contribution < -0.4 is 5.56 Å².